The summed E-state index contributed by atoms with van der Waals surface area (Å²) >= 11 is 0. The summed E-state index contributed by atoms with van der Waals surface area (Å²) < 4.78 is 0. The van der Waals surface area contributed by atoms with Crippen LogP contribution in [0.3, 0.4) is 0 Å². The minimum Gasteiger partial charge on any atom is -0.369 e. The molecule has 0 aromatic heterocycles. The van der Waals surface area contributed by atoms with Crippen LogP contribution in [0.2, 0.25) is 0 Å². The van der Waals surface area contributed by atoms with Crippen molar-refractivity contribution in [3.8, 4) is 0 Å². The van der Waals surface area contributed by atoms with E-state index in [1.165, 1.54) is 16.8 Å². The lowest BCUT2D eigenvalue weighted by molar-refractivity contribution is 0.677. The molecule has 2 N–H and O–H groups in total. The molecule has 2 aromatic carbocycles. The van der Waals surface area contributed by atoms with Gasteiger partial charge < -0.3 is 10.6 Å². The highest BCUT2D eigenvalue weighted by Crippen LogP contribution is 2.39. The number of nitrogens with zero attached hydrogens (tertiary/aromatic N) is 1. The SMILES string of the molecule is CC(N)CN1CC(c2ccccc2)c2ccccc21. The van der Waals surface area contributed by atoms with Crippen LogP contribution < -0.4 is 10.6 Å². The fourth-order valence-corrected chi connectivity index (χ4v) is 2.98. The molecule has 2 heteroatoms. The molecule has 2 atom stereocenters. The van der Waals surface area contributed by atoms with Gasteiger partial charge in [-0.15, -0.1) is 0 Å². The van der Waals surface area contributed by atoms with Crippen LogP contribution in [0.5, 0.6) is 0 Å². The summed E-state index contributed by atoms with van der Waals surface area (Å²) in [5, 5.41) is 0. The van der Waals surface area contributed by atoms with Crippen molar-refractivity contribution in [2.45, 2.75) is 18.9 Å². The standard InChI is InChI=1S/C17H20N2/c1-13(18)11-19-12-16(14-7-3-2-4-8-14)15-9-5-6-10-17(15)19/h2-10,13,16H,11-12,18H2,1H3. The third-order valence-electron chi connectivity index (χ3n) is 3.77. The molecule has 19 heavy (non-hydrogen) atoms. The van der Waals surface area contributed by atoms with E-state index in [0.29, 0.717) is 5.92 Å². The number of fused-ring (bicyclic) bond motifs is 1. The molecule has 2 aromatic rings. The first-order chi connectivity index (χ1) is 9.25. The van der Waals surface area contributed by atoms with E-state index in [4.69, 9.17) is 5.73 Å². The minimum atomic E-state index is 0.197. The summed E-state index contributed by atoms with van der Waals surface area (Å²) in [4.78, 5) is 2.41. The third kappa shape index (κ3) is 2.36. The van der Waals surface area contributed by atoms with Gasteiger partial charge >= 0.3 is 0 Å². The molecule has 0 amide bonds. The van der Waals surface area contributed by atoms with Crippen molar-refractivity contribution in [3.63, 3.8) is 0 Å². The summed E-state index contributed by atoms with van der Waals surface area (Å²) in [7, 11) is 0. The van der Waals surface area contributed by atoms with E-state index in [2.05, 4.69) is 66.4 Å². The first-order valence-corrected chi connectivity index (χ1v) is 6.90. The van der Waals surface area contributed by atoms with Gasteiger partial charge in [0, 0.05) is 30.7 Å². The van der Waals surface area contributed by atoms with Gasteiger partial charge in [-0.05, 0) is 24.1 Å². The first-order valence-electron chi connectivity index (χ1n) is 6.90. The molecule has 0 saturated heterocycles. The number of rotatable bonds is 3. The van der Waals surface area contributed by atoms with Crippen LogP contribution in [0.15, 0.2) is 54.6 Å². The van der Waals surface area contributed by atoms with Crippen LogP contribution in [-0.4, -0.2) is 19.1 Å². The van der Waals surface area contributed by atoms with Crippen molar-refractivity contribution in [1.82, 2.24) is 0 Å². The van der Waals surface area contributed by atoms with Gasteiger partial charge in [-0.25, -0.2) is 0 Å². The van der Waals surface area contributed by atoms with Gasteiger partial charge in [0.25, 0.3) is 0 Å². The lowest BCUT2D eigenvalue weighted by Gasteiger charge is -2.22. The van der Waals surface area contributed by atoms with E-state index >= 15 is 0 Å². The van der Waals surface area contributed by atoms with Crippen molar-refractivity contribution >= 4 is 5.69 Å². The molecule has 0 fully saturated rings. The zero-order chi connectivity index (χ0) is 13.2. The molecule has 0 radical (unpaired) electrons. The molecule has 3 rings (SSSR count). The number of nitrogens with two attached hydrogens (primary N) is 1. The van der Waals surface area contributed by atoms with Gasteiger partial charge in [-0.3, -0.25) is 0 Å². The van der Waals surface area contributed by atoms with E-state index in [0.717, 1.165) is 13.1 Å². The number of benzene rings is 2. The fourth-order valence-electron chi connectivity index (χ4n) is 2.98. The molecule has 2 unspecified atom stereocenters. The fraction of sp³-hybridized carbons (Fsp3) is 0.294. The van der Waals surface area contributed by atoms with Crippen LogP contribution >= 0.6 is 0 Å². The highest BCUT2D eigenvalue weighted by Gasteiger charge is 2.29. The molecule has 2 nitrogen and oxygen atoms in total. The maximum Gasteiger partial charge on any atom is 0.0406 e. The molecule has 0 bridgehead atoms. The van der Waals surface area contributed by atoms with Crippen LogP contribution in [0.25, 0.3) is 0 Å². The minimum absolute atomic E-state index is 0.197. The maximum atomic E-state index is 5.97. The molecule has 1 aliphatic heterocycles. The van der Waals surface area contributed by atoms with Crippen molar-refractivity contribution < 1.29 is 0 Å². The quantitative estimate of drug-likeness (QED) is 0.910. The maximum absolute atomic E-state index is 5.97. The second-order valence-corrected chi connectivity index (χ2v) is 5.40. The van der Waals surface area contributed by atoms with Crippen LogP contribution in [0.1, 0.15) is 24.0 Å². The van der Waals surface area contributed by atoms with Crippen molar-refractivity contribution in [3.05, 3.63) is 65.7 Å². The van der Waals surface area contributed by atoms with Gasteiger partial charge in [-0.1, -0.05) is 48.5 Å². The van der Waals surface area contributed by atoms with Crippen molar-refractivity contribution in [1.29, 1.82) is 0 Å². The lowest BCUT2D eigenvalue weighted by atomic mass is 9.93. The van der Waals surface area contributed by atoms with Crippen LogP contribution in [-0.2, 0) is 0 Å². The van der Waals surface area contributed by atoms with E-state index in [9.17, 15) is 0 Å². The lowest BCUT2D eigenvalue weighted by Crippen LogP contribution is -2.35. The Labute approximate surface area is 114 Å². The molecule has 0 aliphatic carbocycles. The Bertz CT molecular complexity index is 548. The predicted molar refractivity (Wildman–Crippen MR) is 80.6 cm³/mol. The Hall–Kier alpha value is -1.80. The number of hydrogen-bond acceptors (Lipinski definition) is 2. The summed E-state index contributed by atoms with van der Waals surface area (Å²) in [6.07, 6.45) is 0. The zero-order valence-corrected chi connectivity index (χ0v) is 11.3. The second kappa shape index (κ2) is 5.06. The molecule has 1 heterocycles. The largest absolute Gasteiger partial charge is 0.369 e. The van der Waals surface area contributed by atoms with Gasteiger partial charge in [0.05, 0.1) is 0 Å². The van der Waals surface area contributed by atoms with Gasteiger partial charge in [0.2, 0.25) is 0 Å². The molecule has 0 saturated carbocycles. The van der Waals surface area contributed by atoms with Gasteiger partial charge in [-0.2, -0.15) is 0 Å². The summed E-state index contributed by atoms with van der Waals surface area (Å²) in [6.45, 7) is 4.02. The van der Waals surface area contributed by atoms with Gasteiger partial charge in [0.1, 0.15) is 0 Å². The van der Waals surface area contributed by atoms with Gasteiger partial charge in [0.15, 0.2) is 0 Å². The second-order valence-electron chi connectivity index (χ2n) is 5.40. The van der Waals surface area contributed by atoms with Crippen molar-refractivity contribution in [2.75, 3.05) is 18.0 Å². The topological polar surface area (TPSA) is 29.3 Å². The normalized spacial score (nSPS) is 19.3. The summed E-state index contributed by atoms with van der Waals surface area (Å²) in [5.41, 5.74) is 10.1. The van der Waals surface area contributed by atoms with E-state index in [-0.39, 0.29) is 6.04 Å². The van der Waals surface area contributed by atoms with Crippen LogP contribution in [0.4, 0.5) is 5.69 Å². The Morgan fingerprint density at radius 1 is 1.11 bits per heavy atom. The summed E-state index contributed by atoms with van der Waals surface area (Å²) in [5.74, 6) is 0.469. The van der Waals surface area contributed by atoms with E-state index in [1.807, 2.05) is 0 Å². The predicted octanol–water partition coefficient (Wildman–Crippen LogP) is 2.99. The Kier molecular flexibility index (Phi) is 3.26. The molecular formula is C17H20N2. The smallest absolute Gasteiger partial charge is 0.0406 e. The van der Waals surface area contributed by atoms with E-state index in [1.54, 1.807) is 0 Å². The summed E-state index contributed by atoms with van der Waals surface area (Å²) in [6, 6.07) is 19.6. The van der Waals surface area contributed by atoms with Crippen LogP contribution in [0, 0.1) is 0 Å². The Morgan fingerprint density at radius 2 is 1.79 bits per heavy atom. The Balaban J connectivity index is 1.97. The highest BCUT2D eigenvalue weighted by atomic mass is 15.2. The number of anilines is 1. The molecule has 98 valence electrons. The third-order valence-corrected chi connectivity index (χ3v) is 3.77. The monoisotopic (exact) mass is 252 g/mol. The zero-order valence-electron chi connectivity index (χ0n) is 11.3. The highest BCUT2D eigenvalue weighted by molar-refractivity contribution is 5.62. The molecule has 1 aliphatic rings. The average Bonchev–Trinajstić information content (AvgIpc) is 2.78. The molecule has 0 spiro atoms. The van der Waals surface area contributed by atoms with Crippen molar-refractivity contribution in [2.24, 2.45) is 5.73 Å². The average molecular weight is 252 g/mol. The number of hydrogen-bond donors (Lipinski definition) is 1. The Morgan fingerprint density at radius 3 is 2.53 bits per heavy atom. The molecular weight excluding hydrogens is 232 g/mol. The number of para-hydroxylation sites is 1. The van der Waals surface area contributed by atoms with E-state index < -0.39 is 0 Å². The first kappa shape index (κ1) is 12.2.